The van der Waals surface area contributed by atoms with E-state index < -0.39 is 27.6 Å². The van der Waals surface area contributed by atoms with E-state index in [4.69, 9.17) is 11.6 Å². The number of rotatable bonds is 6. The molecule has 5 nitrogen and oxygen atoms in total. The van der Waals surface area contributed by atoms with E-state index in [-0.39, 0.29) is 29.4 Å². The minimum absolute atomic E-state index is 0.0454. The topological polar surface area (TPSA) is 66.5 Å². The minimum Gasteiger partial charge on any atom is -0.350 e. The number of halogens is 3. The van der Waals surface area contributed by atoms with E-state index in [1.807, 2.05) is 0 Å². The van der Waals surface area contributed by atoms with Gasteiger partial charge in [0.2, 0.25) is 10.0 Å². The largest absolute Gasteiger partial charge is 0.350 e. The van der Waals surface area contributed by atoms with Gasteiger partial charge in [-0.1, -0.05) is 17.7 Å². The van der Waals surface area contributed by atoms with Crippen molar-refractivity contribution in [2.45, 2.75) is 0 Å². The molecule has 25 heavy (non-hydrogen) atoms. The van der Waals surface area contributed by atoms with Crippen molar-refractivity contribution in [1.29, 1.82) is 0 Å². The van der Waals surface area contributed by atoms with E-state index >= 15 is 0 Å². The second kappa shape index (κ2) is 7.79. The molecule has 0 aliphatic heterocycles. The van der Waals surface area contributed by atoms with Crippen molar-refractivity contribution in [1.82, 2.24) is 5.32 Å². The number of anilines is 1. The molecule has 0 aliphatic rings. The second-order valence-corrected chi connectivity index (χ2v) is 7.48. The van der Waals surface area contributed by atoms with Crippen LogP contribution in [0, 0.1) is 11.6 Å². The van der Waals surface area contributed by atoms with Crippen LogP contribution in [0.25, 0.3) is 0 Å². The van der Waals surface area contributed by atoms with Gasteiger partial charge in [0.25, 0.3) is 5.91 Å². The highest BCUT2D eigenvalue weighted by Gasteiger charge is 2.19. The monoisotopic (exact) mass is 388 g/mol. The van der Waals surface area contributed by atoms with Gasteiger partial charge in [-0.25, -0.2) is 17.2 Å². The van der Waals surface area contributed by atoms with Crippen LogP contribution in [0.15, 0.2) is 42.5 Å². The highest BCUT2D eigenvalue weighted by Crippen LogP contribution is 2.19. The number of carbonyl (C=O) groups is 1. The molecule has 0 fully saturated rings. The summed E-state index contributed by atoms with van der Waals surface area (Å²) in [5, 5.41) is 2.38. The molecule has 2 aromatic rings. The maximum absolute atomic E-state index is 13.7. The second-order valence-electron chi connectivity index (χ2n) is 5.16. The lowest BCUT2D eigenvalue weighted by Crippen LogP contribution is -2.38. The van der Waals surface area contributed by atoms with Crippen LogP contribution >= 0.6 is 11.6 Å². The van der Waals surface area contributed by atoms with Crippen molar-refractivity contribution >= 4 is 33.2 Å². The lowest BCUT2D eigenvalue weighted by Gasteiger charge is -2.22. The molecule has 1 N–H and O–H groups in total. The molecule has 0 heterocycles. The standard InChI is InChI=1S/C16H15ClF2N2O3S/c1-25(23,24)21(12-7-5-11(18)6-8-12)10-9-20-16(22)15-13(17)3-2-4-14(15)19/h2-8H,9-10H2,1H3,(H,20,22). The molecule has 0 spiro atoms. The zero-order chi connectivity index (χ0) is 18.6. The first-order valence-electron chi connectivity index (χ1n) is 7.15. The average molecular weight is 389 g/mol. The first kappa shape index (κ1) is 19.1. The summed E-state index contributed by atoms with van der Waals surface area (Å²) in [6.45, 7) is -0.198. The van der Waals surface area contributed by atoms with Crippen LogP contribution in [-0.4, -0.2) is 33.7 Å². The maximum atomic E-state index is 13.7. The van der Waals surface area contributed by atoms with Gasteiger partial charge in [0.05, 0.1) is 29.1 Å². The van der Waals surface area contributed by atoms with Crippen LogP contribution < -0.4 is 9.62 Å². The molecule has 134 valence electrons. The average Bonchev–Trinajstić information content (AvgIpc) is 2.51. The minimum atomic E-state index is -3.65. The molecule has 0 bridgehead atoms. The fourth-order valence-electron chi connectivity index (χ4n) is 2.17. The Bertz CT molecular complexity index is 853. The van der Waals surface area contributed by atoms with Gasteiger partial charge >= 0.3 is 0 Å². The Hall–Kier alpha value is -2.19. The third-order valence-electron chi connectivity index (χ3n) is 3.31. The number of nitrogens with zero attached hydrogens (tertiary/aromatic N) is 1. The Balaban J connectivity index is 2.09. The molecular weight excluding hydrogens is 374 g/mol. The Kier molecular flexibility index (Phi) is 5.97. The SMILES string of the molecule is CS(=O)(=O)N(CCNC(=O)c1c(F)cccc1Cl)c1ccc(F)cc1. The van der Waals surface area contributed by atoms with Gasteiger partial charge in [-0.2, -0.15) is 0 Å². The Labute approximate surface area is 149 Å². The predicted octanol–water partition coefficient (Wildman–Crippen LogP) is 2.81. The number of benzene rings is 2. The highest BCUT2D eigenvalue weighted by molar-refractivity contribution is 7.92. The van der Waals surface area contributed by atoms with Crippen LogP contribution in [0.2, 0.25) is 5.02 Å². The number of carbonyl (C=O) groups excluding carboxylic acids is 1. The number of nitrogens with one attached hydrogen (secondary N) is 1. The normalized spacial score (nSPS) is 11.2. The van der Waals surface area contributed by atoms with Gasteiger partial charge in [0.1, 0.15) is 11.6 Å². The van der Waals surface area contributed by atoms with E-state index in [1.165, 1.54) is 24.3 Å². The van der Waals surface area contributed by atoms with Gasteiger partial charge in [0.15, 0.2) is 0 Å². The quantitative estimate of drug-likeness (QED) is 0.827. The van der Waals surface area contributed by atoms with Crippen molar-refractivity contribution < 1.29 is 22.0 Å². The van der Waals surface area contributed by atoms with Gasteiger partial charge in [-0.15, -0.1) is 0 Å². The van der Waals surface area contributed by atoms with Crippen LogP contribution in [0.1, 0.15) is 10.4 Å². The molecule has 2 rings (SSSR count). The van der Waals surface area contributed by atoms with Gasteiger partial charge < -0.3 is 5.32 Å². The van der Waals surface area contributed by atoms with Crippen molar-refractivity contribution in [2.24, 2.45) is 0 Å². The Morgan fingerprint density at radius 2 is 1.80 bits per heavy atom. The number of hydrogen-bond acceptors (Lipinski definition) is 3. The van der Waals surface area contributed by atoms with Crippen molar-refractivity contribution in [3.63, 3.8) is 0 Å². The molecular formula is C16H15ClF2N2O3S. The van der Waals surface area contributed by atoms with E-state index in [1.54, 1.807) is 0 Å². The summed E-state index contributed by atoms with van der Waals surface area (Å²) in [7, 11) is -3.65. The summed E-state index contributed by atoms with van der Waals surface area (Å²) >= 11 is 5.81. The molecule has 9 heteroatoms. The van der Waals surface area contributed by atoms with Crippen LogP contribution in [0.4, 0.5) is 14.5 Å². The molecule has 2 aromatic carbocycles. The van der Waals surface area contributed by atoms with Crippen LogP contribution in [0.3, 0.4) is 0 Å². The van der Waals surface area contributed by atoms with Crippen molar-refractivity contribution in [3.05, 3.63) is 64.7 Å². The first-order valence-corrected chi connectivity index (χ1v) is 9.38. The summed E-state index contributed by atoms with van der Waals surface area (Å²) in [5.74, 6) is -2.03. The van der Waals surface area contributed by atoms with E-state index in [0.29, 0.717) is 0 Å². The summed E-state index contributed by atoms with van der Waals surface area (Å²) in [5.41, 5.74) is -0.0565. The molecule has 0 aliphatic carbocycles. The maximum Gasteiger partial charge on any atom is 0.255 e. The Morgan fingerprint density at radius 1 is 1.16 bits per heavy atom. The Morgan fingerprint density at radius 3 is 2.36 bits per heavy atom. The van der Waals surface area contributed by atoms with E-state index in [9.17, 15) is 22.0 Å². The molecule has 0 aromatic heterocycles. The first-order chi connectivity index (χ1) is 11.7. The lowest BCUT2D eigenvalue weighted by molar-refractivity contribution is 0.0951. The molecule has 1 amide bonds. The van der Waals surface area contributed by atoms with Gasteiger partial charge in [-0.05, 0) is 36.4 Å². The van der Waals surface area contributed by atoms with Crippen molar-refractivity contribution in [3.8, 4) is 0 Å². The highest BCUT2D eigenvalue weighted by atomic mass is 35.5. The lowest BCUT2D eigenvalue weighted by atomic mass is 10.2. The van der Waals surface area contributed by atoms with Gasteiger partial charge in [-0.3, -0.25) is 9.10 Å². The van der Waals surface area contributed by atoms with Crippen molar-refractivity contribution in [2.75, 3.05) is 23.7 Å². The molecule has 0 radical (unpaired) electrons. The molecule has 0 atom stereocenters. The summed E-state index contributed by atoms with van der Waals surface area (Å²) < 4.78 is 51.5. The number of hydrogen-bond donors (Lipinski definition) is 1. The number of sulfonamides is 1. The van der Waals surface area contributed by atoms with Crippen LogP contribution in [-0.2, 0) is 10.0 Å². The third kappa shape index (κ3) is 4.90. The zero-order valence-corrected chi connectivity index (χ0v) is 14.7. The molecule has 0 saturated carbocycles. The van der Waals surface area contributed by atoms with E-state index in [2.05, 4.69) is 5.32 Å². The predicted molar refractivity (Wildman–Crippen MR) is 92.3 cm³/mol. The third-order valence-corrected chi connectivity index (χ3v) is 4.81. The summed E-state index contributed by atoms with van der Waals surface area (Å²) in [4.78, 5) is 12.0. The molecule has 0 saturated heterocycles. The number of amides is 1. The van der Waals surface area contributed by atoms with Gasteiger partial charge in [0, 0.05) is 6.54 Å². The zero-order valence-electron chi connectivity index (χ0n) is 13.2. The summed E-state index contributed by atoms with van der Waals surface area (Å²) in [6.07, 6.45) is 0.992. The fraction of sp³-hybridized carbons (Fsp3) is 0.188. The van der Waals surface area contributed by atoms with Crippen LogP contribution in [0.5, 0.6) is 0 Å². The smallest absolute Gasteiger partial charge is 0.255 e. The molecule has 0 unspecified atom stereocenters. The fourth-order valence-corrected chi connectivity index (χ4v) is 3.34. The summed E-state index contributed by atoms with van der Waals surface area (Å²) in [6, 6.07) is 8.73. The van der Waals surface area contributed by atoms with E-state index in [0.717, 1.165) is 28.8 Å².